The zero-order valence-electron chi connectivity index (χ0n) is 13.0. The molecule has 0 saturated carbocycles. The number of amides is 1. The van der Waals surface area contributed by atoms with E-state index < -0.39 is 11.4 Å². The van der Waals surface area contributed by atoms with Gasteiger partial charge < -0.3 is 15.5 Å². The number of halogens is 1. The molecule has 0 aliphatic rings. The van der Waals surface area contributed by atoms with Crippen molar-refractivity contribution >= 4 is 5.91 Å². The molecule has 2 rings (SSSR count). The van der Waals surface area contributed by atoms with Crippen molar-refractivity contribution in [3.8, 4) is 11.3 Å². The van der Waals surface area contributed by atoms with Gasteiger partial charge in [-0.15, -0.1) is 0 Å². The van der Waals surface area contributed by atoms with Gasteiger partial charge in [-0.3, -0.25) is 4.79 Å². The number of nitrogens with two attached hydrogens (primary N) is 1. The van der Waals surface area contributed by atoms with Crippen molar-refractivity contribution in [2.75, 3.05) is 6.54 Å². The number of furan rings is 1. The van der Waals surface area contributed by atoms with Crippen molar-refractivity contribution in [3.63, 3.8) is 0 Å². The molecule has 5 heteroatoms. The Morgan fingerprint density at radius 1 is 1.32 bits per heavy atom. The van der Waals surface area contributed by atoms with Crippen molar-refractivity contribution in [1.82, 2.24) is 5.32 Å². The molecule has 0 bridgehead atoms. The standard InChI is InChI=1S/C17H21FN2O2/c1-11(2)17(3,10-19)20-16(21)15-9-8-14(22-15)12-6-4-5-7-13(12)18/h4-9,11H,10,19H2,1-3H3,(H,20,21). The first-order chi connectivity index (χ1) is 10.4. The molecule has 0 spiro atoms. The predicted octanol–water partition coefficient (Wildman–Crippen LogP) is 3.19. The van der Waals surface area contributed by atoms with Gasteiger partial charge in [-0.2, -0.15) is 0 Å². The molecule has 118 valence electrons. The first-order valence-electron chi connectivity index (χ1n) is 7.24. The monoisotopic (exact) mass is 304 g/mol. The molecule has 0 aliphatic carbocycles. The van der Waals surface area contributed by atoms with E-state index >= 15 is 0 Å². The summed E-state index contributed by atoms with van der Waals surface area (Å²) in [5.41, 5.74) is 5.56. The van der Waals surface area contributed by atoms with Gasteiger partial charge in [-0.25, -0.2) is 4.39 Å². The maximum absolute atomic E-state index is 13.7. The number of carbonyl (C=O) groups excluding carboxylic acids is 1. The van der Waals surface area contributed by atoms with E-state index in [1.165, 1.54) is 12.1 Å². The average molecular weight is 304 g/mol. The smallest absolute Gasteiger partial charge is 0.287 e. The van der Waals surface area contributed by atoms with Crippen LogP contribution in [-0.4, -0.2) is 18.0 Å². The summed E-state index contributed by atoms with van der Waals surface area (Å²) in [6, 6.07) is 9.39. The van der Waals surface area contributed by atoms with Gasteiger partial charge in [0.15, 0.2) is 5.76 Å². The van der Waals surface area contributed by atoms with E-state index in [9.17, 15) is 9.18 Å². The van der Waals surface area contributed by atoms with E-state index in [-0.39, 0.29) is 17.6 Å². The lowest BCUT2D eigenvalue weighted by molar-refractivity contribution is 0.0855. The third-order valence-electron chi connectivity index (χ3n) is 4.07. The van der Waals surface area contributed by atoms with E-state index in [4.69, 9.17) is 10.2 Å². The topological polar surface area (TPSA) is 68.3 Å². The van der Waals surface area contributed by atoms with Crippen LogP contribution in [0.5, 0.6) is 0 Å². The molecule has 1 aromatic carbocycles. The fourth-order valence-corrected chi connectivity index (χ4v) is 2.02. The van der Waals surface area contributed by atoms with E-state index in [0.29, 0.717) is 17.9 Å². The zero-order valence-corrected chi connectivity index (χ0v) is 13.0. The highest BCUT2D eigenvalue weighted by atomic mass is 19.1. The second-order valence-electron chi connectivity index (χ2n) is 5.87. The highest BCUT2D eigenvalue weighted by molar-refractivity contribution is 5.92. The van der Waals surface area contributed by atoms with Gasteiger partial charge in [0, 0.05) is 6.54 Å². The van der Waals surface area contributed by atoms with Crippen LogP contribution in [0.3, 0.4) is 0 Å². The van der Waals surface area contributed by atoms with Crippen LogP contribution >= 0.6 is 0 Å². The van der Waals surface area contributed by atoms with E-state index in [1.54, 1.807) is 24.3 Å². The highest BCUT2D eigenvalue weighted by Crippen LogP contribution is 2.25. The summed E-state index contributed by atoms with van der Waals surface area (Å²) in [4.78, 5) is 12.3. The molecule has 0 fully saturated rings. The van der Waals surface area contributed by atoms with Crippen LogP contribution in [0.2, 0.25) is 0 Å². The Morgan fingerprint density at radius 3 is 2.59 bits per heavy atom. The van der Waals surface area contributed by atoms with Crippen LogP contribution in [0.25, 0.3) is 11.3 Å². The molecule has 1 unspecified atom stereocenters. The van der Waals surface area contributed by atoms with Gasteiger partial charge in [0.1, 0.15) is 11.6 Å². The molecule has 1 atom stereocenters. The summed E-state index contributed by atoms with van der Waals surface area (Å²) in [6.07, 6.45) is 0. The number of hydrogen-bond acceptors (Lipinski definition) is 3. The van der Waals surface area contributed by atoms with E-state index in [2.05, 4.69) is 5.32 Å². The lowest BCUT2D eigenvalue weighted by Crippen LogP contribution is -2.54. The summed E-state index contributed by atoms with van der Waals surface area (Å²) in [7, 11) is 0. The Morgan fingerprint density at radius 2 is 2.00 bits per heavy atom. The summed E-state index contributed by atoms with van der Waals surface area (Å²) in [6.45, 7) is 6.17. The molecule has 1 heterocycles. The molecule has 1 aromatic heterocycles. The minimum absolute atomic E-state index is 0.138. The van der Waals surface area contributed by atoms with Gasteiger partial charge in [-0.05, 0) is 37.1 Å². The van der Waals surface area contributed by atoms with Crippen LogP contribution in [0.1, 0.15) is 31.3 Å². The average Bonchev–Trinajstić information content (AvgIpc) is 2.97. The fraction of sp³-hybridized carbons (Fsp3) is 0.353. The Kier molecular flexibility index (Phi) is 4.66. The predicted molar refractivity (Wildman–Crippen MR) is 83.9 cm³/mol. The second-order valence-corrected chi connectivity index (χ2v) is 5.87. The van der Waals surface area contributed by atoms with Crippen molar-refractivity contribution in [1.29, 1.82) is 0 Å². The molecule has 1 amide bonds. The van der Waals surface area contributed by atoms with Crippen LogP contribution in [0.4, 0.5) is 4.39 Å². The van der Waals surface area contributed by atoms with Crippen LogP contribution in [-0.2, 0) is 0 Å². The van der Waals surface area contributed by atoms with Crippen molar-refractivity contribution in [2.24, 2.45) is 11.7 Å². The fourth-order valence-electron chi connectivity index (χ4n) is 2.02. The van der Waals surface area contributed by atoms with Gasteiger partial charge >= 0.3 is 0 Å². The molecular weight excluding hydrogens is 283 g/mol. The summed E-state index contributed by atoms with van der Waals surface area (Å²) in [5, 5.41) is 2.89. The minimum Gasteiger partial charge on any atom is -0.451 e. The number of rotatable bonds is 5. The number of hydrogen-bond donors (Lipinski definition) is 2. The number of benzene rings is 1. The lowest BCUT2D eigenvalue weighted by atomic mass is 9.88. The van der Waals surface area contributed by atoms with Crippen molar-refractivity contribution in [3.05, 3.63) is 48.0 Å². The van der Waals surface area contributed by atoms with Gasteiger partial charge in [0.05, 0.1) is 11.1 Å². The lowest BCUT2D eigenvalue weighted by Gasteiger charge is -2.33. The quantitative estimate of drug-likeness (QED) is 0.891. The first-order valence-corrected chi connectivity index (χ1v) is 7.24. The Balaban J connectivity index is 2.22. The molecule has 4 nitrogen and oxygen atoms in total. The SMILES string of the molecule is CC(C)C(C)(CN)NC(=O)c1ccc(-c2ccccc2F)o1. The van der Waals surface area contributed by atoms with E-state index in [1.807, 2.05) is 20.8 Å². The second kappa shape index (κ2) is 6.32. The van der Waals surface area contributed by atoms with Crippen molar-refractivity contribution in [2.45, 2.75) is 26.3 Å². The third-order valence-corrected chi connectivity index (χ3v) is 4.07. The van der Waals surface area contributed by atoms with E-state index in [0.717, 1.165) is 0 Å². The van der Waals surface area contributed by atoms with Crippen LogP contribution in [0, 0.1) is 11.7 Å². The molecule has 0 aliphatic heterocycles. The third kappa shape index (κ3) is 3.20. The zero-order chi connectivity index (χ0) is 16.3. The number of carbonyl (C=O) groups is 1. The largest absolute Gasteiger partial charge is 0.451 e. The molecule has 22 heavy (non-hydrogen) atoms. The summed E-state index contributed by atoms with van der Waals surface area (Å²) < 4.78 is 19.2. The first kappa shape index (κ1) is 16.2. The van der Waals surface area contributed by atoms with Crippen LogP contribution in [0.15, 0.2) is 40.8 Å². The maximum atomic E-state index is 13.7. The molecule has 0 saturated heterocycles. The Bertz CT molecular complexity index is 666. The molecule has 2 aromatic rings. The Labute approximate surface area is 129 Å². The highest BCUT2D eigenvalue weighted by Gasteiger charge is 2.30. The molecule has 0 radical (unpaired) electrons. The maximum Gasteiger partial charge on any atom is 0.287 e. The summed E-state index contributed by atoms with van der Waals surface area (Å²) in [5.74, 6) is -0.120. The molecular formula is C17H21FN2O2. The summed E-state index contributed by atoms with van der Waals surface area (Å²) >= 11 is 0. The van der Waals surface area contributed by atoms with Gasteiger partial charge in [-0.1, -0.05) is 26.0 Å². The number of nitrogens with one attached hydrogen (secondary N) is 1. The molecule has 3 N–H and O–H groups in total. The van der Waals surface area contributed by atoms with Crippen LogP contribution < -0.4 is 11.1 Å². The normalized spacial score (nSPS) is 13.9. The Hall–Kier alpha value is -2.14. The van der Waals surface area contributed by atoms with Gasteiger partial charge in [0.25, 0.3) is 5.91 Å². The van der Waals surface area contributed by atoms with Gasteiger partial charge in [0.2, 0.25) is 0 Å². The minimum atomic E-state index is -0.526. The van der Waals surface area contributed by atoms with Crippen molar-refractivity contribution < 1.29 is 13.6 Å².